The predicted molar refractivity (Wildman–Crippen MR) is 110 cm³/mol. The second-order valence-electron chi connectivity index (χ2n) is 8.63. The molecule has 0 amide bonds. The van der Waals surface area contributed by atoms with Crippen molar-refractivity contribution in [3.63, 3.8) is 0 Å². The van der Waals surface area contributed by atoms with E-state index in [1.54, 1.807) is 0 Å². The van der Waals surface area contributed by atoms with Crippen molar-refractivity contribution in [1.82, 2.24) is 10.3 Å². The maximum absolute atomic E-state index is 12.3. The SMILES string of the molecule is O=C(O)c1c(O)c2c([nH]c1=O)-c1ccc(N3CCC4(CCNC4)C3)cc1CCC2. The summed E-state index contributed by atoms with van der Waals surface area (Å²) >= 11 is 0. The van der Waals surface area contributed by atoms with Crippen molar-refractivity contribution < 1.29 is 15.0 Å². The van der Waals surface area contributed by atoms with E-state index in [1.165, 1.54) is 18.5 Å². The van der Waals surface area contributed by atoms with Crippen LogP contribution in [-0.4, -0.2) is 47.3 Å². The number of anilines is 1. The van der Waals surface area contributed by atoms with Crippen molar-refractivity contribution in [3.05, 3.63) is 45.2 Å². The van der Waals surface area contributed by atoms with Crippen molar-refractivity contribution in [2.75, 3.05) is 31.1 Å². The highest BCUT2D eigenvalue weighted by Gasteiger charge is 2.40. The van der Waals surface area contributed by atoms with Crippen LogP contribution in [0.1, 0.15) is 40.7 Å². The highest BCUT2D eigenvalue weighted by molar-refractivity contribution is 5.92. The number of rotatable bonds is 2. The van der Waals surface area contributed by atoms with Crippen LogP contribution in [0.5, 0.6) is 5.75 Å². The van der Waals surface area contributed by atoms with Crippen LogP contribution in [-0.2, 0) is 12.8 Å². The number of H-pyrrole nitrogens is 1. The number of aryl methyl sites for hydroxylation is 1. The van der Waals surface area contributed by atoms with Crippen LogP contribution in [0, 0.1) is 5.41 Å². The number of carboxylic acid groups (broad SMARTS) is 1. The van der Waals surface area contributed by atoms with E-state index in [2.05, 4.69) is 27.3 Å². The van der Waals surface area contributed by atoms with E-state index in [4.69, 9.17) is 0 Å². The zero-order chi connectivity index (χ0) is 20.2. The maximum Gasteiger partial charge on any atom is 0.345 e. The molecule has 7 heteroatoms. The molecule has 2 aliphatic heterocycles. The molecule has 1 atom stereocenters. The Balaban J connectivity index is 1.54. The number of carboxylic acids is 1. The first-order valence-corrected chi connectivity index (χ1v) is 10.3. The number of aromatic carboxylic acids is 1. The minimum absolute atomic E-state index is 0.393. The molecule has 3 aliphatic rings. The Hall–Kier alpha value is -2.80. The molecular weight excluding hydrogens is 370 g/mol. The number of nitrogens with one attached hydrogen (secondary N) is 2. The molecule has 0 saturated carbocycles. The lowest BCUT2D eigenvalue weighted by Gasteiger charge is -2.25. The summed E-state index contributed by atoms with van der Waals surface area (Å²) in [6, 6.07) is 6.28. The van der Waals surface area contributed by atoms with E-state index in [-0.39, 0.29) is 0 Å². The fourth-order valence-corrected chi connectivity index (χ4v) is 5.28. The molecule has 29 heavy (non-hydrogen) atoms. The van der Waals surface area contributed by atoms with Gasteiger partial charge in [-0.05, 0) is 56.3 Å². The van der Waals surface area contributed by atoms with Gasteiger partial charge in [-0.15, -0.1) is 0 Å². The van der Waals surface area contributed by atoms with Crippen molar-refractivity contribution in [2.24, 2.45) is 5.41 Å². The number of aromatic hydroxyl groups is 1. The van der Waals surface area contributed by atoms with Crippen molar-refractivity contribution in [1.29, 1.82) is 0 Å². The van der Waals surface area contributed by atoms with Crippen LogP contribution in [0.3, 0.4) is 0 Å². The van der Waals surface area contributed by atoms with Crippen molar-refractivity contribution in [3.8, 4) is 17.0 Å². The van der Waals surface area contributed by atoms with E-state index < -0.39 is 22.8 Å². The van der Waals surface area contributed by atoms with Gasteiger partial charge in [0.25, 0.3) is 5.56 Å². The van der Waals surface area contributed by atoms with Gasteiger partial charge in [-0.2, -0.15) is 0 Å². The van der Waals surface area contributed by atoms with E-state index in [1.807, 2.05) is 6.07 Å². The summed E-state index contributed by atoms with van der Waals surface area (Å²) in [6.45, 7) is 4.31. The number of hydrogen-bond donors (Lipinski definition) is 4. The molecule has 152 valence electrons. The Labute approximate surface area is 168 Å². The monoisotopic (exact) mass is 395 g/mol. The minimum Gasteiger partial charge on any atom is -0.506 e. The normalized spacial score (nSPS) is 23.1. The molecule has 5 rings (SSSR count). The lowest BCUT2D eigenvalue weighted by molar-refractivity contribution is 0.0691. The third-order valence-electron chi connectivity index (χ3n) is 6.87. The summed E-state index contributed by atoms with van der Waals surface area (Å²) in [5.74, 6) is -1.81. The predicted octanol–water partition coefficient (Wildman–Crippen LogP) is 2.12. The van der Waals surface area contributed by atoms with Gasteiger partial charge in [0.05, 0.1) is 5.69 Å². The van der Waals surface area contributed by atoms with E-state index in [0.717, 1.165) is 50.1 Å². The zero-order valence-corrected chi connectivity index (χ0v) is 16.3. The average molecular weight is 395 g/mol. The molecule has 2 aromatic rings. The number of hydrogen-bond acceptors (Lipinski definition) is 5. The first-order chi connectivity index (χ1) is 14.0. The topological polar surface area (TPSA) is 106 Å². The van der Waals surface area contributed by atoms with Crippen LogP contribution in [0.25, 0.3) is 11.3 Å². The van der Waals surface area contributed by atoms with Gasteiger partial charge in [0, 0.05) is 41.9 Å². The number of fused-ring (bicyclic) bond motifs is 3. The largest absolute Gasteiger partial charge is 0.506 e. The lowest BCUT2D eigenvalue weighted by Crippen LogP contribution is -2.29. The van der Waals surface area contributed by atoms with Crippen molar-refractivity contribution >= 4 is 11.7 Å². The van der Waals surface area contributed by atoms with Crippen LogP contribution < -0.4 is 15.8 Å². The van der Waals surface area contributed by atoms with E-state index >= 15 is 0 Å². The Morgan fingerprint density at radius 3 is 2.83 bits per heavy atom. The quantitative estimate of drug-likeness (QED) is 0.621. The lowest BCUT2D eigenvalue weighted by atomic mass is 9.86. The van der Waals surface area contributed by atoms with Gasteiger partial charge in [-0.1, -0.05) is 6.07 Å². The Morgan fingerprint density at radius 2 is 2.07 bits per heavy atom. The summed E-state index contributed by atoms with van der Waals surface area (Å²) < 4.78 is 0. The zero-order valence-electron chi connectivity index (χ0n) is 16.3. The van der Waals surface area contributed by atoms with E-state index in [0.29, 0.717) is 23.1 Å². The standard InChI is InChI=1S/C22H25N3O4/c26-19-16-3-1-2-13-10-14(25-9-7-22(12-25)6-8-23-11-22)4-5-15(13)18(16)24-20(27)17(19)21(28)29/h4-5,10,23H,1-3,6-9,11-12H2,(H,28,29)(H2,24,26,27). The first-order valence-electron chi connectivity index (χ1n) is 10.3. The fraction of sp³-hybridized carbons (Fsp3) is 0.455. The molecule has 2 fully saturated rings. The molecule has 7 nitrogen and oxygen atoms in total. The van der Waals surface area contributed by atoms with Gasteiger partial charge in [0.15, 0.2) is 5.56 Å². The third-order valence-corrected chi connectivity index (χ3v) is 6.87. The Kier molecular flexibility index (Phi) is 4.17. The number of nitrogens with zero attached hydrogens (tertiary/aromatic N) is 1. The molecular formula is C22H25N3O4. The number of pyridine rings is 1. The Morgan fingerprint density at radius 1 is 1.21 bits per heavy atom. The van der Waals surface area contributed by atoms with E-state index in [9.17, 15) is 19.8 Å². The first kappa shape index (κ1) is 18.2. The number of benzene rings is 1. The summed E-state index contributed by atoms with van der Waals surface area (Å²) in [6.07, 6.45) is 4.58. The van der Waals surface area contributed by atoms with Crippen LogP contribution in [0.4, 0.5) is 5.69 Å². The molecule has 1 aromatic heterocycles. The molecule has 4 N–H and O–H groups in total. The molecule has 1 spiro atoms. The number of aromatic amines is 1. The maximum atomic E-state index is 12.3. The number of carbonyl (C=O) groups is 1. The summed E-state index contributed by atoms with van der Waals surface area (Å²) in [4.78, 5) is 28.8. The van der Waals surface area contributed by atoms with Gasteiger partial charge in [0.2, 0.25) is 0 Å². The van der Waals surface area contributed by atoms with Crippen LogP contribution in [0.15, 0.2) is 23.0 Å². The smallest absolute Gasteiger partial charge is 0.345 e. The van der Waals surface area contributed by atoms with Crippen LogP contribution in [0.2, 0.25) is 0 Å². The Bertz CT molecular complexity index is 1050. The van der Waals surface area contributed by atoms with Gasteiger partial charge in [-0.3, -0.25) is 4.79 Å². The molecule has 1 unspecified atom stereocenters. The molecule has 1 aliphatic carbocycles. The molecule has 1 aromatic carbocycles. The van der Waals surface area contributed by atoms with Gasteiger partial charge in [0.1, 0.15) is 5.75 Å². The third kappa shape index (κ3) is 2.92. The highest BCUT2D eigenvalue weighted by atomic mass is 16.4. The van der Waals surface area contributed by atoms with Gasteiger partial charge in [-0.25, -0.2) is 4.79 Å². The molecule has 3 heterocycles. The van der Waals surface area contributed by atoms with Crippen LogP contribution >= 0.6 is 0 Å². The minimum atomic E-state index is -1.41. The van der Waals surface area contributed by atoms with Gasteiger partial charge >= 0.3 is 5.97 Å². The highest BCUT2D eigenvalue weighted by Crippen LogP contribution is 2.41. The molecule has 2 saturated heterocycles. The second kappa shape index (κ2) is 6.62. The summed E-state index contributed by atoms with van der Waals surface area (Å²) in [7, 11) is 0. The number of aromatic nitrogens is 1. The van der Waals surface area contributed by atoms with Crippen molar-refractivity contribution in [2.45, 2.75) is 32.1 Å². The van der Waals surface area contributed by atoms with Gasteiger partial charge < -0.3 is 25.4 Å². The summed E-state index contributed by atoms with van der Waals surface area (Å²) in [5.41, 5.74) is 3.33. The average Bonchev–Trinajstić information content (AvgIpc) is 3.28. The molecule has 0 radical (unpaired) electrons. The molecule has 0 bridgehead atoms. The fourth-order valence-electron chi connectivity index (χ4n) is 5.28. The second-order valence-corrected chi connectivity index (χ2v) is 8.63. The summed E-state index contributed by atoms with van der Waals surface area (Å²) in [5, 5.41) is 23.2.